The molecule has 4 aliphatic rings. The van der Waals surface area contributed by atoms with Gasteiger partial charge in [-0.25, -0.2) is 4.79 Å². The molecule has 0 spiro atoms. The fourth-order valence-electron chi connectivity index (χ4n) is 5.02. The number of likely N-dealkylation sites (tertiary alicyclic amines) is 1. The summed E-state index contributed by atoms with van der Waals surface area (Å²) in [6.07, 6.45) is 2.54. The van der Waals surface area contributed by atoms with Gasteiger partial charge in [0, 0.05) is 41.2 Å². The summed E-state index contributed by atoms with van der Waals surface area (Å²) in [5.41, 5.74) is 6.14. The Morgan fingerprint density at radius 3 is 2.58 bits per heavy atom. The van der Waals surface area contributed by atoms with Crippen LogP contribution in [0.25, 0.3) is 0 Å². The summed E-state index contributed by atoms with van der Waals surface area (Å²) in [7, 11) is 0. The number of carboxylic acid groups (broad SMARTS) is 1. The number of nitrogens with zero attached hydrogens (tertiary/aromatic N) is 2. The zero-order valence-corrected chi connectivity index (χ0v) is 16.0. The van der Waals surface area contributed by atoms with E-state index in [1.165, 1.54) is 4.90 Å². The Morgan fingerprint density at radius 2 is 2.04 bits per heavy atom. The number of aliphatic hydroxyl groups is 1. The Balaban J connectivity index is 1.44. The number of aliphatic hydroxyl groups excluding tert-OH is 1. The largest absolute Gasteiger partial charge is 0.477 e. The number of carboxylic acids is 1. The third kappa shape index (κ3) is 2.69. The van der Waals surface area contributed by atoms with Crippen LogP contribution in [0.15, 0.2) is 10.6 Å². The van der Waals surface area contributed by atoms with Gasteiger partial charge < -0.3 is 20.8 Å². The predicted octanol–water partition coefficient (Wildman–Crippen LogP) is 0.437. The van der Waals surface area contributed by atoms with Gasteiger partial charge >= 0.3 is 5.97 Å². The molecule has 1 amide bonds. The second-order valence-corrected chi connectivity index (χ2v) is 9.53. The number of aliphatic carboxylic acids is 1. The maximum atomic E-state index is 12.4. The molecule has 4 rings (SSSR count). The number of fused-ring (bicyclic) bond motifs is 1. The molecule has 3 fully saturated rings. The molecule has 0 bridgehead atoms. The van der Waals surface area contributed by atoms with Gasteiger partial charge in [-0.3, -0.25) is 9.69 Å². The molecule has 1 aliphatic carbocycles. The van der Waals surface area contributed by atoms with Crippen LogP contribution in [-0.2, 0) is 9.59 Å². The molecule has 7 nitrogen and oxygen atoms in total. The molecule has 3 heterocycles. The highest BCUT2D eigenvalue weighted by molar-refractivity contribution is 8.03. The van der Waals surface area contributed by atoms with Crippen molar-refractivity contribution in [3.63, 3.8) is 0 Å². The van der Waals surface area contributed by atoms with E-state index >= 15 is 0 Å². The summed E-state index contributed by atoms with van der Waals surface area (Å²) >= 11 is 1.62. The van der Waals surface area contributed by atoms with E-state index < -0.39 is 18.0 Å². The number of nitrogens with two attached hydrogens (primary N) is 1. The van der Waals surface area contributed by atoms with Crippen molar-refractivity contribution in [1.29, 1.82) is 0 Å². The number of thioether (sulfide) groups is 1. The molecule has 0 unspecified atom stereocenters. The molecule has 4 N–H and O–H groups in total. The van der Waals surface area contributed by atoms with E-state index in [1.54, 1.807) is 18.7 Å². The third-order valence-electron chi connectivity index (χ3n) is 6.44. The molecule has 6 atom stereocenters. The molecule has 0 aromatic carbocycles. The van der Waals surface area contributed by atoms with E-state index in [4.69, 9.17) is 5.73 Å². The van der Waals surface area contributed by atoms with Gasteiger partial charge in [-0.15, -0.1) is 11.8 Å². The molecular weight excluding hydrogens is 354 g/mol. The molecule has 26 heavy (non-hydrogen) atoms. The van der Waals surface area contributed by atoms with E-state index in [2.05, 4.69) is 4.90 Å². The van der Waals surface area contributed by atoms with Gasteiger partial charge in [-0.2, -0.15) is 0 Å². The Kier molecular flexibility index (Phi) is 4.58. The fourth-order valence-corrected chi connectivity index (χ4v) is 6.57. The van der Waals surface area contributed by atoms with Gasteiger partial charge in [0.2, 0.25) is 5.91 Å². The number of hydrogen-bond donors (Lipinski definition) is 3. The van der Waals surface area contributed by atoms with Crippen molar-refractivity contribution in [1.82, 2.24) is 9.80 Å². The number of hydrogen-bond acceptors (Lipinski definition) is 6. The summed E-state index contributed by atoms with van der Waals surface area (Å²) < 4.78 is 0. The molecule has 0 radical (unpaired) electrons. The van der Waals surface area contributed by atoms with E-state index in [-0.39, 0.29) is 23.6 Å². The van der Waals surface area contributed by atoms with Crippen LogP contribution < -0.4 is 5.73 Å². The van der Waals surface area contributed by atoms with E-state index in [0.717, 1.165) is 37.3 Å². The first-order chi connectivity index (χ1) is 12.3. The van der Waals surface area contributed by atoms with Gasteiger partial charge in [0.1, 0.15) is 5.70 Å². The Hall–Kier alpha value is -1.09. The predicted molar refractivity (Wildman–Crippen MR) is 98.2 cm³/mol. The van der Waals surface area contributed by atoms with Crippen molar-refractivity contribution in [3.8, 4) is 0 Å². The van der Waals surface area contributed by atoms with Crippen LogP contribution in [0.4, 0.5) is 0 Å². The molecule has 1 saturated carbocycles. The van der Waals surface area contributed by atoms with Crippen LogP contribution >= 0.6 is 11.8 Å². The van der Waals surface area contributed by atoms with Gasteiger partial charge in [-0.05, 0) is 26.2 Å². The number of carbonyl (C=O) groups excluding carboxylic acids is 1. The molecule has 8 heteroatoms. The first kappa shape index (κ1) is 18.3. The summed E-state index contributed by atoms with van der Waals surface area (Å²) in [6.45, 7) is 5.48. The quantitative estimate of drug-likeness (QED) is 0.593. The third-order valence-corrected chi connectivity index (χ3v) is 7.89. The van der Waals surface area contributed by atoms with Crippen LogP contribution in [0, 0.1) is 11.8 Å². The minimum Gasteiger partial charge on any atom is -0.477 e. The van der Waals surface area contributed by atoms with Gasteiger partial charge in [0.25, 0.3) is 0 Å². The molecule has 2 saturated heterocycles. The van der Waals surface area contributed by atoms with Gasteiger partial charge in [0.05, 0.1) is 18.1 Å². The average molecular weight is 381 g/mol. The number of amides is 1. The highest BCUT2D eigenvalue weighted by atomic mass is 32.2. The van der Waals surface area contributed by atoms with Gasteiger partial charge in [0.15, 0.2) is 0 Å². The first-order valence-corrected chi connectivity index (χ1v) is 10.3. The average Bonchev–Trinajstić information content (AvgIpc) is 3.03. The lowest BCUT2D eigenvalue weighted by atomic mass is 9.79. The number of carbonyl (C=O) groups is 2. The number of β-lactam (4-membered cyclic amide) rings is 1. The zero-order chi connectivity index (χ0) is 18.7. The van der Waals surface area contributed by atoms with Crippen molar-refractivity contribution in [2.75, 3.05) is 13.1 Å². The standard InChI is InChI=1S/C18H27N3O4S/c1-8-14-13(9(2)22)17(23)21(14)15(18(24)25)16(8)26-12-6-20(7-12)11-4-3-10(19)5-11/h8-14,22H,3-7,19H2,1-2H3,(H,24,25)/t8-,9-,10+,11-,13-,14-/m1/s1. The van der Waals surface area contributed by atoms with Crippen LogP contribution in [0.1, 0.15) is 33.1 Å². The highest BCUT2D eigenvalue weighted by Crippen LogP contribution is 2.52. The van der Waals surface area contributed by atoms with E-state index in [1.807, 2.05) is 6.92 Å². The van der Waals surface area contributed by atoms with E-state index in [9.17, 15) is 19.8 Å². The summed E-state index contributed by atoms with van der Waals surface area (Å²) in [5, 5.41) is 19.9. The van der Waals surface area contributed by atoms with Crippen LogP contribution in [0.5, 0.6) is 0 Å². The molecule has 3 aliphatic heterocycles. The van der Waals surface area contributed by atoms with Crippen molar-refractivity contribution in [3.05, 3.63) is 10.6 Å². The lowest BCUT2D eigenvalue weighted by molar-refractivity contribution is -0.163. The van der Waals surface area contributed by atoms with Crippen molar-refractivity contribution >= 4 is 23.6 Å². The van der Waals surface area contributed by atoms with E-state index in [0.29, 0.717) is 17.3 Å². The van der Waals surface area contributed by atoms with Crippen molar-refractivity contribution in [2.45, 2.75) is 62.6 Å². The highest BCUT2D eigenvalue weighted by Gasteiger charge is 2.60. The molecule has 0 aromatic rings. The Morgan fingerprint density at radius 1 is 1.35 bits per heavy atom. The SMILES string of the molecule is C[C@@H](O)[C@H]1C(=O)N2C(C(=O)O)=C(SC3CN([C@@H]4CC[C@H](N)C4)C3)[C@H](C)[C@H]12. The maximum Gasteiger partial charge on any atom is 0.353 e. The Bertz CT molecular complexity index is 661. The zero-order valence-electron chi connectivity index (χ0n) is 15.2. The summed E-state index contributed by atoms with van der Waals surface area (Å²) in [4.78, 5) is 28.8. The Labute approximate surface area is 157 Å². The summed E-state index contributed by atoms with van der Waals surface area (Å²) in [5.74, 6) is -1.84. The van der Waals surface area contributed by atoms with Crippen LogP contribution in [0.2, 0.25) is 0 Å². The molecular formula is C18H27N3O4S. The molecule has 144 valence electrons. The normalized spacial score (nSPS) is 39.0. The van der Waals surface area contributed by atoms with Crippen molar-refractivity contribution < 1.29 is 19.8 Å². The maximum absolute atomic E-state index is 12.4. The monoisotopic (exact) mass is 381 g/mol. The smallest absolute Gasteiger partial charge is 0.353 e. The number of rotatable bonds is 5. The second-order valence-electron chi connectivity index (χ2n) is 8.19. The minimum absolute atomic E-state index is 0.0441. The van der Waals surface area contributed by atoms with Crippen LogP contribution in [0.3, 0.4) is 0 Å². The minimum atomic E-state index is -1.04. The van der Waals surface area contributed by atoms with Gasteiger partial charge in [-0.1, -0.05) is 6.92 Å². The summed E-state index contributed by atoms with van der Waals surface area (Å²) in [6, 6.07) is 0.659. The lowest BCUT2D eigenvalue weighted by Gasteiger charge is -2.46. The first-order valence-electron chi connectivity index (χ1n) is 9.44. The topological polar surface area (TPSA) is 107 Å². The molecule has 0 aromatic heterocycles. The lowest BCUT2D eigenvalue weighted by Crippen LogP contribution is -2.63. The van der Waals surface area contributed by atoms with Crippen molar-refractivity contribution in [2.24, 2.45) is 17.6 Å². The second kappa shape index (κ2) is 6.51. The fraction of sp³-hybridized carbons (Fsp3) is 0.778. The van der Waals surface area contributed by atoms with Crippen LogP contribution in [-0.4, -0.2) is 74.5 Å².